The van der Waals surface area contributed by atoms with Crippen molar-refractivity contribution < 1.29 is 4.79 Å². The molecule has 1 aliphatic carbocycles. The second kappa shape index (κ2) is 4.17. The van der Waals surface area contributed by atoms with Crippen LogP contribution < -0.4 is 0 Å². The molecule has 2 heteroatoms. The third-order valence-electron chi connectivity index (χ3n) is 4.19. The Morgan fingerprint density at radius 2 is 1.88 bits per heavy atom. The van der Waals surface area contributed by atoms with Crippen molar-refractivity contribution in [3.05, 3.63) is 35.9 Å². The van der Waals surface area contributed by atoms with Crippen LogP contribution >= 0.6 is 0 Å². The van der Waals surface area contributed by atoms with Crippen LogP contribution in [0.3, 0.4) is 0 Å². The third-order valence-corrected chi connectivity index (χ3v) is 4.19. The number of amides is 1. The van der Waals surface area contributed by atoms with Crippen LogP contribution in [0.4, 0.5) is 0 Å². The Bertz CT molecular complexity index is 410. The second-order valence-corrected chi connectivity index (χ2v) is 5.35. The van der Waals surface area contributed by atoms with Crippen molar-refractivity contribution in [3.8, 4) is 0 Å². The van der Waals surface area contributed by atoms with Gasteiger partial charge in [-0.15, -0.1) is 0 Å². The average Bonchev–Trinajstić information content (AvgIpc) is 3.13. The minimum absolute atomic E-state index is 0.354. The molecular weight excluding hydrogens is 210 g/mol. The monoisotopic (exact) mass is 229 g/mol. The fourth-order valence-electron chi connectivity index (χ4n) is 2.96. The van der Waals surface area contributed by atoms with Crippen LogP contribution in [0.15, 0.2) is 30.3 Å². The van der Waals surface area contributed by atoms with Crippen molar-refractivity contribution in [2.75, 3.05) is 6.54 Å². The first-order valence-electron chi connectivity index (χ1n) is 6.63. The van der Waals surface area contributed by atoms with Gasteiger partial charge in [0.25, 0.3) is 0 Å². The molecule has 0 aromatic heterocycles. The number of hydrogen-bond acceptors (Lipinski definition) is 1. The lowest BCUT2D eigenvalue weighted by Crippen LogP contribution is -2.36. The Balaban J connectivity index is 1.75. The maximum atomic E-state index is 12.1. The predicted octanol–water partition coefficient (Wildman–Crippen LogP) is 2.80. The van der Waals surface area contributed by atoms with E-state index in [-0.39, 0.29) is 0 Å². The van der Waals surface area contributed by atoms with E-state index < -0.39 is 0 Å². The number of carbonyl (C=O) groups is 1. The molecule has 0 spiro atoms. The highest BCUT2D eigenvalue weighted by atomic mass is 16.2. The topological polar surface area (TPSA) is 20.3 Å². The van der Waals surface area contributed by atoms with Gasteiger partial charge in [0.2, 0.25) is 5.91 Å². The Hall–Kier alpha value is -1.31. The molecule has 0 N–H and O–H groups in total. The van der Waals surface area contributed by atoms with Crippen LogP contribution in [0.5, 0.6) is 0 Å². The Labute approximate surface area is 103 Å². The lowest BCUT2D eigenvalue weighted by Gasteiger charge is -2.25. The summed E-state index contributed by atoms with van der Waals surface area (Å²) >= 11 is 0. The smallest absolute Gasteiger partial charge is 0.225 e. The molecule has 2 atom stereocenters. The van der Waals surface area contributed by atoms with Crippen LogP contribution in [0.2, 0.25) is 0 Å². The lowest BCUT2D eigenvalue weighted by atomic mass is 9.93. The summed E-state index contributed by atoms with van der Waals surface area (Å²) in [5, 5.41) is 0. The average molecular weight is 229 g/mol. The van der Waals surface area contributed by atoms with Crippen LogP contribution in [0, 0.1) is 5.92 Å². The van der Waals surface area contributed by atoms with E-state index in [9.17, 15) is 4.79 Å². The molecule has 2 fully saturated rings. The Morgan fingerprint density at radius 1 is 1.18 bits per heavy atom. The number of nitrogens with zero attached hydrogens (tertiary/aromatic N) is 1. The number of benzene rings is 1. The molecule has 0 bridgehead atoms. The van der Waals surface area contributed by atoms with Crippen LogP contribution in [0.1, 0.15) is 37.7 Å². The highest BCUT2D eigenvalue weighted by molar-refractivity contribution is 5.81. The number of likely N-dealkylation sites (tertiary alicyclic amines) is 1. The largest absolute Gasteiger partial charge is 0.339 e. The van der Waals surface area contributed by atoms with Crippen molar-refractivity contribution in [1.29, 1.82) is 0 Å². The lowest BCUT2D eigenvalue weighted by molar-refractivity contribution is -0.133. The normalized spacial score (nSPS) is 28.4. The predicted molar refractivity (Wildman–Crippen MR) is 67.7 cm³/mol. The van der Waals surface area contributed by atoms with E-state index in [0.29, 0.717) is 23.8 Å². The maximum absolute atomic E-state index is 12.1. The summed E-state index contributed by atoms with van der Waals surface area (Å²) in [7, 11) is 0. The fraction of sp³-hybridized carbons (Fsp3) is 0.533. The first-order valence-corrected chi connectivity index (χ1v) is 6.63. The summed E-state index contributed by atoms with van der Waals surface area (Å²) < 4.78 is 0. The Kier molecular flexibility index (Phi) is 2.65. The maximum Gasteiger partial charge on any atom is 0.225 e. The van der Waals surface area contributed by atoms with Crippen LogP contribution in [0.25, 0.3) is 0 Å². The molecule has 1 aromatic rings. The summed E-state index contributed by atoms with van der Waals surface area (Å²) in [6.45, 7) is 3.14. The molecule has 2 aliphatic rings. The van der Waals surface area contributed by atoms with E-state index in [1.165, 1.54) is 5.56 Å². The van der Waals surface area contributed by atoms with Crippen molar-refractivity contribution >= 4 is 5.91 Å². The van der Waals surface area contributed by atoms with E-state index >= 15 is 0 Å². The summed E-state index contributed by atoms with van der Waals surface area (Å²) in [5.41, 5.74) is 1.38. The van der Waals surface area contributed by atoms with Gasteiger partial charge in [-0.2, -0.15) is 0 Å². The van der Waals surface area contributed by atoms with Gasteiger partial charge in [0.1, 0.15) is 0 Å². The molecule has 2 unspecified atom stereocenters. The zero-order chi connectivity index (χ0) is 11.8. The van der Waals surface area contributed by atoms with Gasteiger partial charge in [-0.25, -0.2) is 0 Å². The van der Waals surface area contributed by atoms with E-state index in [2.05, 4.69) is 42.2 Å². The molecule has 1 heterocycles. The van der Waals surface area contributed by atoms with Gasteiger partial charge in [-0.05, 0) is 31.7 Å². The molecule has 1 saturated carbocycles. The molecule has 0 radical (unpaired) electrons. The number of carbonyl (C=O) groups excluding carboxylic acids is 1. The Morgan fingerprint density at radius 3 is 2.53 bits per heavy atom. The van der Waals surface area contributed by atoms with Gasteiger partial charge >= 0.3 is 0 Å². The third kappa shape index (κ3) is 1.97. The van der Waals surface area contributed by atoms with Gasteiger partial charge in [-0.3, -0.25) is 4.79 Å². The quantitative estimate of drug-likeness (QED) is 0.763. The first kappa shape index (κ1) is 10.8. The number of hydrogen-bond donors (Lipinski definition) is 0. The van der Waals surface area contributed by atoms with E-state index in [1.54, 1.807) is 0 Å². The van der Waals surface area contributed by atoms with Crippen molar-refractivity contribution in [1.82, 2.24) is 4.90 Å². The highest BCUT2D eigenvalue weighted by Gasteiger charge is 2.40. The van der Waals surface area contributed by atoms with E-state index in [0.717, 1.165) is 25.8 Å². The summed E-state index contributed by atoms with van der Waals surface area (Å²) in [5.74, 6) is 1.28. The summed E-state index contributed by atoms with van der Waals surface area (Å²) in [6, 6.07) is 11.0. The molecule has 17 heavy (non-hydrogen) atoms. The zero-order valence-electron chi connectivity index (χ0n) is 10.3. The summed E-state index contributed by atoms with van der Waals surface area (Å²) in [4.78, 5) is 14.2. The SMILES string of the molecule is CC1C(c2ccccc2)CCN1C(=O)C1CC1. The van der Waals surface area contributed by atoms with E-state index in [4.69, 9.17) is 0 Å². The van der Waals surface area contributed by atoms with Gasteiger partial charge in [-0.1, -0.05) is 30.3 Å². The fourth-order valence-corrected chi connectivity index (χ4v) is 2.96. The van der Waals surface area contributed by atoms with Crippen molar-refractivity contribution in [2.45, 2.75) is 38.1 Å². The van der Waals surface area contributed by atoms with Crippen LogP contribution in [-0.4, -0.2) is 23.4 Å². The van der Waals surface area contributed by atoms with Crippen molar-refractivity contribution in [2.24, 2.45) is 5.92 Å². The molecule has 1 aliphatic heterocycles. The molecule has 1 aromatic carbocycles. The van der Waals surface area contributed by atoms with Gasteiger partial charge < -0.3 is 4.90 Å². The van der Waals surface area contributed by atoms with Crippen molar-refractivity contribution in [3.63, 3.8) is 0 Å². The summed E-state index contributed by atoms with van der Waals surface area (Å²) in [6.07, 6.45) is 3.33. The van der Waals surface area contributed by atoms with E-state index in [1.807, 2.05) is 0 Å². The minimum atomic E-state index is 0.354. The van der Waals surface area contributed by atoms with Gasteiger partial charge in [0.05, 0.1) is 0 Å². The second-order valence-electron chi connectivity index (χ2n) is 5.35. The van der Waals surface area contributed by atoms with Gasteiger partial charge in [0.15, 0.2) is 0 Å². The molecule has 1 saturated heterocycles. The van der Waals surface area contributed by atoms with Gasteiger partial charge in [0, 0.05) is 24.4 Å². The highest BCUT2D eigenvalue weighted by Crippen LogP contribution is 2.38. The molecule has 1 amide bonds. The number of rotatable bonds is 2. The zero-order valence-corrected chi connectivity index (χ0v) is 10.3. The molecular formula is C15H19NO. The molecule has 90 valence electrons. The molecule has 2 nitrogen and oxygen atoms in total. The first-order chi connectivity index (χ1) is 8.27. The molecule has 3 rings (SSSR count). The standard InChI is InChI=1S/C15H19NO/c1-11-14(12-5-3-2-4-6-12)9-10-16(11)15(17)13-7-8-13/h2-6,11,13-14H,7-10H2,1H3. The van der Waals surface area contributed by atoms with Crippen LogP contribution in [-0.2, 0) is 4.79 Å². The minimum Gasteiger partial charge on any atom is -0.339 e.